The number of rotatable bonds is 4. The van der Waals surface area contributed by atoms with E-state index < -0.39 is 0 Å². The minimum atomic E-state index is -0.273. The largest absolute Gasteiger partial charge is 0.395 e. The zero-order valence-electron chi connectivity index (χ0n) is 10.00. The van der Waals surface area contributed by atoms with Gasteiger partial charge in [0.05, 0.1) is 12.3 Å². The molecule has 5 heteroatoms. The van der Waals surface area contributed by atoms with E-state index in [1.807, 2.05) is 0 Å². The third-order valence-electron chi connectivity index (χ3n) is 1.99. The maximum atomic E-state index is 11.4. The lowest BCUT2D eigenvalue weighted by Gasteiger charge is -2.07. The number of aliphatic hydroxyl groups is 1. The molecule has 18 heavy (non-hydrogen) atoms. The van der Waals surface area contributed by atoms with Gasteiger partial charge in [-0.15, -0.1) is 0 Å². The van der Waals surface area contributed by atoms with Gasteiger partial charge in [-0.3, -0.25) is 4.79 Å². The van der Waals surface area contributed by atoms with E-state index in [0.717, 1.165) is 0 Å². The van der Waals surface area contributed by atoms with Crippen LogP contribution in [-0.2, 0) is 9.53 Å². The fraction of sp³-hybridized carbons (Fsp3) is 0.308. The van der Waals surface area contributed by atoms with Crippen LogP contribution in [0.1, 0.15) is 12.0 Å². The Morgan fingerprint density at radius 3 is 3.00 bits per heavy atom. The molecular formula is C13H14ClNO3. The third kappa shape index (κ3) is 4.76. The summed E-state index contributed by atoms with van der Waals surface area (Å²) in [6.45, 7) is -0.0258. The van der Waals surface area contributed by atoms with Gasteiger partial charge in [-0.25, -0.2) is 0 Å². The molecule has 96 valence electrons. The summed E-state index contributed by atoms with van der Waals surface area (Å²) in [6.07, 6.45) is 0.383. The van der Waals surface area contributed by atoms with Gasteiger partial charge in [0.1, 0.15) is 6.61 Å². The van der Waals surface area contributed by atoms with Crippen molar-refractivity contribution in [3.63, 3.8) is 0 Å². The normalized spacial score (nSPS) is 9.50. The van der Waals surface area contributed by atoms with Crippen molar-refractivity contribution in [2.75, 3.05) is 25.6 Å². The number of aliphatic hydroxyl groups excluding tert-OH is 1. The van der Waals surface area contributed by atoms with Gasteiger partial charge in [-0.05, 0) is 18.2 Å². The minimum Gasteiger partial charge on any atom is -0.395 e. The Hall–Kier alpha value is -1.54. The van der Waals surface area contributed by atoms with Crippen molar-refractivity contribution in [2.45, 2.75) is 6.42 Å². The molecule has 2 N–H and O–H groups in total. The maximum Gasteiger partial charge on any atom is 0.250 e. The number of amides is 1. The lowest BCUT2D eigenvalue weighted by molar-refractivity contribution is -0.119. The minimum absolute atomic E-state index is 0.00591. The number of hydrogen-bond donors (Lipinski definition) is 2. The number of carbonyl (C=O) groups is 1. The molecule has 1 aromatic rings. The lowest BCUT2D eigenvalue weighted by atomic mass is 10.1. The van der Waals surface area contributed by atoms with Gasteiger partial charge >= 0.3 is 0 Å². The molecule has 4 nitrogen and oxygen atoms in total. The number of ether oxygens (including phenoxy) is 1. The van der Waals surface area contributed by atoms with Crippen LogP contribution in [0.25, 0.3) is 0 Å². The van der Waals surface area contributed by atoms with Crippen molar-refractivity contribution in [1.82, 2.24) is 0 Å². The van der Waals surface area contributed by atoms with Crippen LogP contribution in [0.15, 0.2) is 18.2 Å². The van der Waals surface area contributed by atoms with Gasteiger partial charge in [0.25, 0.3) is 0 Å². The average molecular weight is 268 g/mol. The zero-order valence-corrected chi connectivity index (χ0v) is 10.8. The van der Waals surface area contributed by atoms with Crippen molar-refractivity contribution in [3.8, 4) is 11.8 Å². The summed E-state index contributed by atoms with van der Waals surface area (Å²) in [5.74, 6) is 5.38. The fourth-order valence-corrected chi connectivity index (χ4v) is 1.43. The van der Waals surface area contributed by atoms with Crippen LogP contribution in [-0.4, -0.2) is 31.3 Å². The Labute approximate surface area is 111 Å². The summed E-state index contributed by atoms with van der Waals surface area (Å²) in [4.78, 5) is 11.4. The number of benzene rings is 1. The van der Waals surface area contributed by atoms with Gasteiger partial charge in [0, 0.05) is 24.1 Å². The number of anilines is 1. The quantitative estimate of drug-likeness (QED) is 0.816. The standard InChI is InChI=1S/C13H14ClNO3/c1-18-9-13(17)15-12-8-11(14)6-5-10(12)4-2-3-7-16/h5-6,8,16H,3,7,9H2,1H3,(H,15,17). The molecule has 0 radical (unpaired) electrons. The van der Waals surface area contributed by atoms with Crippen molar-refractivity contribution in [2.24, 2.45) is 0 Å². The van der Waals surface area contributed by atoms with Gasteiger partial charge in [0.2, 0.25) is 5.91 Å². The van der Waals surface area contributed by atoms with E-state index in [2.05, 4.69) is 17.2 Å². The summed E-state index contributed by atoms with van der Waals surface area (Å²) in [7, 11) is 1.44. The fourth-order valence-electron chi connectivity index (χ4n) is 1.26. The van der Waals surface area contributed by atoms with Crippen LogP contribution in [0, 0.1) is 11.8 Å². The van der Waals surface area contributed by atoms with Crippen LogP contribution in [0.4, 0.5) is 5.69 Å². The second kappa shape index (κ2) is 7.72. The zero-order chi connectivity index (χ0) is 13.4. The maximum absolute atomic E-state index is 11.4. The number of halogens is 1. The number of carbonyl (C=O) groups excluding carboxylic acids is 1. The van der Waals surface area contributed by atoms with Gasteiger partial charge < -0.3 is 15.2 Å². The highest BCUT2D eigenvalue weighted by atomic mass is 35.5. The third-order valence-corrected chi connectivity index (χ3v) is 2.23. The highest BCUT2D eigenvalue weighted by Gasteiger charge is 2.06. The van der Waals surface area contributed by atoms with E-state index >= 15 is 0 Å². The average Bonchev–Trinajstić information content (AvgIpc) is 2.32. The van der Waals surface area contributed by atoms with Crippen LogP contribution in [0.2, 0.25) is 5.02 Å². The van der Waals surface area contributed by atoms with Gasteiger partial charge in [0.15, 0.2) is 0 Å². The van der Waals surface area contributed by atoms with Crippen molar-refractivity contribution < 1.29 is 14.6 Å². The molecule has 0 spiro atoms. The topological polar surface area (TPSA) is 58.6 Å². The van der Waals surface area contributed by atoms with E-state index in [4.69, 9.17) is 21.4 Å². The van der Waals surface area contributed by atoms with E-state index in [1.165, 1.54) is 7.11 Å². The molecule has 0 atom stereocenters. The Kier molecular flexibility index (Phi) is 6.23. The van der Waals surface area contributed by atoms with Crippen molar-refractivity contribution in [1.29, 1.82) is 0 Å². The molecule has 0 saturated carbocycles. The first-order valence-electron chi connectivity index (χ1n) is 5.35. The monoisotopic (exact) mass is 267 g/mol. The van der Waals surface area contributed by atoms with Crippen LogP contribution >= 0.6 is 11.6 Å². The predicted molar refractivity (Wildman–Crippen MR) is 70.5 cm³/mol. The summed E-state index contributed by atoms with van der Waals surface area (Å²) >= 11 is 5.87. The van der Waals surface area contributed by atoms with E-state index in [0.29, 0.717) is 22.7 Å². The summed E-state index contributed by atoms with van der Waals surface area (Å²) in [6, 6.07) is 5.03. The molecule has 0 aromatic heterocycles. The van der Waals surface area contributed by atoms with Crippen molar-refractivity contribution in [3.05, 3.63) is 28.8 Å². The smallest absolute Gasteiger partial charge is 0.250 e. The molecule has 0 aliphatic heterocycles. The Morgan fingerprint density at radius 1 is 1.56 bits per heavy atom. The molecule has 0 heterocycles. The Bertz CT molecular complexity index is 477. The molecule has 0 aliphatic rings. The van der Waals surface area contributed by atoms with Gasteiger partial charge in [-0.1, -0.05) is 23.4 Å². The summed E-state index contributed by atoms with van der Waals surface area (Å²) in [5, 5.41) is 11.8. The molecule has 1 aromatic carbocycles. The van der Waals surface area contributed by atoms with Crippen LogP contribution in [0.3, 0.4) is 0 Å². The Morgan fingerprint density at radius 2 is 2.33 bits per heavy atom. The first kappa shape index (κ1) is 14.5. The highest BCUT2D eigenvalue weighted by molar-refractivity contribution is 6.31. The highest BCUT2D eigenvalue weighted by Crippen LogP contribution is 2.20. The van der Waals surface area contributed by atoms with Crippen LogP contribution in [0.5, 0.6) is 0 Å². The Balaban J connectivity index is 2.90. The molecule has 1 amide bonds. The van der Waals surface area contributed by atoms with E-state index in [-0.39, 0.29) is 19.1 Å². The molecule has 0 fully saturated rings. The first-order chi connectivity index (χ1) is 8.67. The number of methoxy groups -OCH3 is 1. The second-order valence-electron chi connectivity index (χ2n) is 3.45. The van der Waals surface area contributed by atoms with E-state index in [1.54, 1.807) is 18.2 Å². The summed E-state index contributed by atoms with van der Waals surface area (Å²) < 4.78 is 4.73. The first-order valence-corrected chi connectivity index (χ1v) is 5.73. The number of nitrogens with one attached hydrogen (secondary N) is 1. The predicted octanol–water partition coefficient (Wildman–Crippen LogP) is 1.66. The molecule has 0 saturated heterocycles. The number of hydrogen-bond acceptors (Lipinski definition) is 3. The molecule has 0 aliphatic carbocycles. The molecular weight excluding hydrogens is 254 g/mol. The van der Waals surface area contributed by atoms with Crippen molar-refractivity contribution >= 4 is 23.2 Å². The van der Waals surface area contributed by atoms with Crippen LogP contribution < -0.4 is 5.32 Å². The molecule has 1 rings (SSSR count). The van der Waals surface area contributed by atoms with Gasteiger partial charge in [-0.2, -0.15) is 0 Å². The summed E-state index contributed by atoms with van der Waals surface area (Å²) in [5.41, 5.74) is 1.19. The SMILES string of the molecule is COCC(=O)Nc1cc(Cl)ccc1C#CCCO. The lowest BCUT2D eigenvalue weighted by Crippen LogP contribution is -2.17. The second-order valence-corrected chi connectivity index (χ2v) is 3.88. The molecule has 0 unspecified atom stereocenters. The molecule has 0 bridgehead atoms. The van der Waals surface area contributed by atoms with E-state index in [9.17, 15) is 4.79 Å².